The molecular weight excluding hydrogens is 705 g/mol. The lowest BCUT2D eigenvalue weighted by molar-refractivity contribution is 1.28. The van der Waals surface area contributed by atoms with Crippen LogP contribution in [0.3, 0.4) is 0 Å². The maximum absolute atomic E-state index is 5.37. The van der Waals surface area contributed by atoms with Gasteiger partial charge >= 0.3 is 0 Å². The van der Waals surface area contributed by atoms with E-state index >= 15 is 0 Å². The molecule has 4 nitrogen and oxygen atoms in total. The van der Waals surface area contributed by atoms with Crippen molar-refractivity contribution in [3.05, 3.63) is 207 Å². The van der Waals surface area contributed by atoms with E-state index in [-0.39, 0.29) is 0 Å². The molecule has 0 aliphatic carbocycles. The zero-order chi connectivity index (χ0) is 38.4. The normalized spacial score (nSPS) is 11.4. The van der Waals surface area contributed by atoms with Crippen LogP contribution in [0.5, 0.6) is 0 Å². The molecule has 11 rings (SSSR count). The molecule has 0 radical (unpaired) electrons. The molecule has 0 unspecified atom stereocenters. The molecule has 58 heavy (non-hydrogen) atoms. The van der Waals surface area contributed by atoms with Gasteiger partial charge in [0.15, 0.2) is 0 Å². The number of fused-ring (bicyclic) bond motifs is 8. The van der Waals surface area contributed by atoms with Gasteiger partial charge in [0.1, 0.15) is 0 Å². The van der Waals surface area contributed by atoms with E-state index in [1.807, 2.05) is 36.7 Å². The molecule has 0 atom stereocenters. The summed E-state index contributed by atoms with van der Waals surface area (Å²) in [5.74, 6) is 0. The molecule has 0 N–H and O–H groups in total. The fourth-order valence-electron chi connectivity index (χ4n) is 8.32. The SMILES string of the molecule is c1ccc(-c2ccc(-c3cc(-c4ccc(-c5ccccn5)cc4)nc(-c4ccc(-c5nc6ccccc6c6c7ccccc7c7ccccc7c56)cc4)c3)nc2)cc1. The Morgan fingerprint density at radius 3 is 1.41 bits per heavy atom. The first-order valence-electron chi connectivity index (χ1n) is 19.5. The van der Waals surface area contributed by atoms with E-state index in [2.05, 4.69) is 175 Å². The molecule has 11 aromatic rings. The fraction of sp³-hybridized carbons (Fsp3) is 0. The summed E-state index contributed by atoms with van der Waals surface area (Å²) in [5, 5.41) is 8.48. The van der Waals surface area contributed by atoms with Crippen LogP contribution in [-0.4, -0.2) is 19.9 Å². The largest absolute Gasteiger partial charge is 0.256 e. The third-order valence-corrected chi connectivity index (χ3v) is 11.2. The number of rotatable bonds is 6. The molecule has 0 fully saturated rings. The van der Waals surface area contributed by atoms with E-state index < -0.39 is 0 Å². The van der Waals surface area contributed by atoms with Gasteiger partial charge in [-0.1, -0.05) is 158 Å². The van der Waals surface area contributed by atoms with Gasteiger partial charge in [-0.25, -0.2) is 9.97 Å². The van der Waals surface area contributed by atoms with Gasteiger partial charge in [-0.3, -0.25) is 9.97 Å². The number of aromatic nitrogens is 4. The second kappa shape index (κ2) is 14.0. The van der Waals surface area contributed by atoms with Crippen LogP contribution in [0.2, 0.25) is 0 Å². The summed E-state index contributed by atoms with van der Waals surface area (Å²) in [6, 6.07) is 68.0. The van der Waals surface area contributed by atoms with Crippen molar-refractivity contribution < 1.29 is 0 Å². The number of hydrogen-bond acceptors (Lipinski definition) is 4. The van der Waals surface area contributed by atoms with Crippen LogP contribution in [-0.2, 0) is 0 Å². The van der Waals surface area contributed by atoms with Crippen molar-refractivity contribution in [2.45, 2.75) is 0 Å². The lowest BCUT2D eigenvalue weighted by Gasteiger charge is -2.16. The minimum absolute atomic E-state index is 0.870. The number of para-hydroxylation sites is 1. The van der Waals surface area contributed by atoms with Crippen molar-refractivity contribution in [2.24, 2.45) is 0 Å². The van der Waals surface area contributed by atoms with E-state index in [1.54, 1.807) is 0 Å². The van der Waals surface area contributed by atoms with Crippen LogP contribution >= 0.6 is 0 Å². The summed E-state index contributed by atoms with van der Waals surface area (Å²) in [7, 11) is 0. The maximum Gasteiger partial charge on any atom is 0.0794 e. The first kappa shape index (κ1) is 33.5. The van der Waals surface area contributed by atoms with Crippen LogP contribution < -0.4 is 0 Å². The lowest BCUT2D eigenvalue weighted by Crippen LogP contribution is -1.94. The maximum atomic E-state index is 5.37. The Hall–Kier alpha value is -7.82. The summed E-state index contributed by atoms with van der Waals surface area (Å²) in [6.07, 6.45) is 3.78. The minimum atomic E-state index is 0.870. The highest BCUT2D eigenvalue weighted by Crippen LogP contribution is 2.43. The van der Waals surface area contributed by atoms with E-state index in [0.717, 1.165) is 78.3 Å². The first-order chi connectivity index (χ1) is 28.7. The molecule has 0 amide bonds. The number of pyridine rings is 4. The molecule has 0 saturated heterocycles. The Morgan fingerprint density at radius 1 is 0.276 bits per heavy atom. The Labute approximate surface area is 335 Å². The molecule has 0 bridgehead atoms. The summed E-state index contributed by atoms with van der Waals surface area (Å²) in [4.78, 5) is 20.2. The van der Waals surface area contributed by atoms with Crippen molar-refractivity contribution in [1.82, 2.24) is 19.9 Å². The van der Waals surface area contributed by atoms with E-state index in [4.69, 9.17) is 15.0 Å². The van der Waals surface area contributed by atoms with Gasteiger partial charge in [0.05, 0.1) is 34.0 Å². The van der Waals surface area contributed by atoms with Crippen LogP contribution in [0.4, 0.5) is 0 Å². The summed E-state index contributed by atoms with van der Waals surface area (Å²) >= 11 is 0. The first-order valence-corrected chi connectivity index (χ1v) is 19.5. The predicted octanol–water partition coefficient (Wildman–Crippen LogP) is 13.9. The standard InChI is InChI=1S/C54H34N4/c1-2-12-35(13-3-1)40-29-30-48(56-34-40)41-32-50(37-23-21-36(22-24-37)47-19-10-11-31-55-47)57-51(33-41)38-25-27-39(28-26-38)54-53-45-17-7-5-15-43(45)42-14-4-6-16-44(42)52(53)46-18-8-9-20-49(46)58-54/h1-34H. The highest BCUT2D eigenvalue weighted by Gasteiger charge is 2.18. The number of nitrogens with zero attached hydrogens (tertiary/aromatic N) is 4. The third kappa shape index (κ3) is 5.87. The average Bonchev–Trinajstić information content (AvgIpc) is 3.32. The van der Waals surface area contributed by atoms with Gasteiger partial charge < -0.3 is 0 Å². The lowest BCUT2D eigenvalue weighted by atomic mass is 9.90. The van der Waals surface area contributed by atoms with Gasteiger partial charge in [0.2, 0.25) is 0 Å². The van der Waals surface area contributed by atoms with Gasteiger partial charge in [-0.15, -0.1) is 0 Å². The number of hydrogen-bond donors (Lipinski definition) is 0. The van der Waals surface area contributed by atoms with Gasteiger partial charge in [-0.2, -0.15) is 0 Å². The molecule has 7 aromatic carbocycles. The van der Waals surface area contributed by atoms with Crippen LogP contribution in [0, 0.1) is 0 Å². The Balaban J connectivity index is 1.05. The van der Waals surface area contributed by atoms with Gasteiger partial charge in [0, 0.05) is 61.9 Å². The number of benzene rings is 7. The van der Waals surface area contributed by atoms with Crippen molar-refractivity contribution >= 4 is 43.2 Å². The average molecular weight is 739 g/mol. The van der Waals surface area contributed by atoms with Crippen molar-refractivity contribution in [1.29, 1.82) is 0 Å². The molecule has 4 aromatic heterocycles. The molecule has 4 heterocycles. The van der Waals surface area contributed by atoms with E-state index in [1.165, 1.54) is 32.3 Å². The quantitative estimate of drug-likeness (QED) is 0.159. The molecule has 4 heteroatoms. The molecule has 0 aliphatic heterocycles. The zero-order valence-corrected chi connectivity index (χ0v) is 31.4. The van der Waals surface area contributed by atoms with Crippen LogP contribution in [0.25, 0.3) is 111 Å². The zero-order valence-electron chi connectivity index (χ0n) is 31.4. The summed E-state index contributed by atoms with van der Waals surface area (Å²) in [6.45, 7) is 0. The highest BCUT2D eigenvalue weighted by atomic mass is 14.7. The second-order valence-electron chi connectivity index (χ2n) is 14.6. The topological polar surface area (TPSA) is 51.6 Å². The molecule has 0 saturated carbocycles. The Kier molecular flexibility index (Phi) is 8.11. The smallest absolute Gasteiger partial charge is 0.0794 e. The van der Waals surface area contributed by atoms with E-state index in [9.17, 15) is 0 Å². The van der Waals surface area contributed by atoms with Crippen LogP contribution in [0.1, 0.15) is 0 Å². The van der Waals surface area contributed by atoms with Crippen molar-refractivity contribution in [3.8, 4) is 67.4 Å². The monoisotopic (exact) mass is 738 g/mol. The third-order valence-electron chi connectivity index (χ3n) is 11.2. The molecule has 0 aliphatic rings. The summed E-state index contributed by atoms with van der Waals surface area (Å²) in [5.41, 5.74) is 12.9. The Bertz CT molecular complexity index is 3190. The summed E-state index contributed by atoms with van der Waals surface area (Å²) < 4.78 is 0. The van der Waals surface area contributed by atoms with Crippen LogP contribution in [0.15, 0.2) is 207 Å². The minimum Gasteiger partial charge on any atom is -0.256 e. The van der Waals surface area contributed by atoms with Crippen molar-refractivity contribution in [2.75, 3.05) is 0 Å². The molecule has 270 valence electrons. The molecular formula is C54H34N4. The van der Waals surface area contributed by atoms with Gasteiger partial charge in [-0.05, 0) is 63.5 Å². The van der Waals surface area contributed by atoms with E-state index in [0.29, 0.717) is 0 Å². The molecule has 0 spiro atoms. The second-order valence-corrected chi connectivity index (χ2v) is 14.6. The highest BCUT2D eigenvalue weighted by molar-refractivity contribution is 6.33. The fourth-order valence-corrected chi connectivity index (χ4v) is 8.32. The Morgan fingerprint density at radius 2 is 0.793 bits per heavy atom. The predicted molar refractivity (Wildman–Crippen MR) is 240 cm³/mol. The van der Waals surface area contributed by atoms with Crippen molar-refractivity contribution in [3.63, 3.8) is 0 Å². The van der Waals surface area contributed by atoms with Gasteiger partial charge in [0.25, 0.3) is 0 Å².